The molecule has 0 saturated carbocycles. The summed E-state index contributed by atoms with van der Waals surface area (Å²) in [6.07, 6.45) is 3.70. The summed E-state index contributed by atoms with van der Waals surface area (Å²) in [5.74, 6) is 0. The summed E-state index contributed by atoms with van der Waals surface area (Å²) in [7, 11) is 1.78. The topological polar surface area (TPSA) is 12.5 Å². The van der Waals surface area contributed by atoms with E-state index in [1.807, 2.05) is 0 Å². The van der Waals surface area contributed by atoms with Gasteiger partial charge < -0.3 is 4.74 Å². The van der Waals surface area contributed by atoms with E-state index in [0.717, 1.165) is 26.1 Å². The van der Waals surface area contributed by atoms with E-state index in [1.54, 1.807) is 7.11 Å². The zero-order valence-corrected chi connectivity index (χ0v) is 9.23. The number of piperidine rings is 1. The molecule has 15 heavy (non-hydrogen) atoms. The van der Waals surface area contributed by atoms with E-state index in [2.05, 4.69) is 41.7 Å². The zero-order valence-electron chi connectivity index (χ0n) is 9.23. The van der Waals surface area contributed by atoms with Crippen LogP contribution in [0, 0.1) is 6.42 Å². The van der Waals surface area contributed by atoms with Gasteiger partial charge >= 0.3 is 0 Å². The van der Waals surface area contributed by atoms with Crippen molar-refractivity contribution < 1.29 is 4.74 Å². The first kappa shape index (κ1) is 10.7. The van der Waals surface area contributed by atoms with Gasteiger partial charge in [-0.25, -0.2) is 0 Å². The smallest absolute Gasteiger partial charge is 0.0730 e. The molecule has 1 unspecified atom stereocenters. The number of hydrogen-bond acceptors (Lipinski definition) is 2. The van der Waals surface area contributed by atoms with Gasteiger partial charge in [-0.3, -0.25) is 4.90 Å². The molecule has 2 nitrogen and oxygen atoms in total. The molecule has 1 fully saturated rings. The number of nitrogens with zero attached hydrogens (tertiary/aromatic N) is 1. The van der Waals surface area contributed by atoms with E-state index in [-0.39, 0.29) is 0 Å². The number of hydrogen-bond donors (Lipinski definition) is 0. The van der Waals surface area contributed by atoms with Crippen LogP contribution in [0.25, 0.3) is 0 Å². The van der Waals surface area contributed by atoms with Crippen molar-refractivity contribution in [1.82, 2.24) is 4.90 Å². The third-order valence-corrected chi connectivity index (χ3v) is 2.86. The second-order valence-electron chi connectivity index (χ2n) is 4.02. The van der Waals surface area contributed by atoms with Crippen molar-refractivity contribution in [1.29, 1.82) is 0 Å². The fourth-order valence-electron chi connectivity index (χ4n) is 2.02. The predicted molar refractivity (Wildman–Crippen MR) is 61.4 cm³/mol. The van der Waals surface area contributed by atoms with Crippen molar-refractivity contribution in [2.45, 2.75) is 19.1 Å². The molecule has 1 aliphatic heterocycles. The Hall–Kier alpha value is -0.860. The van der Waals surface area contributed by atoms with Crippen LogP contribution in [-0.2, 0) is 11.3 Å². The maximum Gasteiger partial charge on any atom is 0.0730 e. The van der Waals surface area contributed by atoms with Crippen molar-refractivity contribution in [2.24, 2.45) is 0 Å². The van der Waals surface area contributed by atoms with Gasteiger partial charge in [-0.1, -0.05) is 30.3 Å². The molecule has 1 aromatic carbocycles. The molecule has 1 saturated heterocycles. The average Bonchev–Trinajstić information content (AvgIpc) is 2.31. The van der Waals surface area contributed by atoms with E-state index >= 15 is 0 Å². The maximum absolute atomic E-state index is 5.36. The molecule has 0 spiro atoms. The van der Waals surface area contributed by atoms with Gasteiger partial charge in [0, 0.05) is 20.2 Å². The largest absolute Gasteiger partial charge is 0.380 e. The van der Waals surface area contributed by atoms with Gasteiger partial charge in [0.15, 0.2) is 0 Å². The van der Waals surface area contributed by atoms with Crippen molar-refractivity contribution in [3.63, 3.8) is 0 Å². The fraction of sp³-hybridized carbons (Fsp3) is 0.462. The number of rotatable bonds is 3. The van der Waals surface area contributed by atoms with Gasteiger partial charge in [0.05, 0.1) is 6.10 Å². The third kappa shape index (κ3) is 3.05. The Labute approximate surface area is 91.9 Å². The number of benzene rings is 1. The van der Waals surface area contributed by atoms with Crippen molar-refractivity contribution in [3.8, 4) is 0 Å². The lowest BCUT2D eigenvalue weighted by molar-refractivity contribution is 0.0611. The van der Waals surface area contributed by atoms with Crippen LogP contribution in [0.3, 0.4) is 0 Å². The molecule has 0 aromatic heterocycles. The van der Waals surface area contributed by atoms with Crippen LogP contribution in [0.1, 0.15) is 12.0 Å². The van der Waals surface area contributed by atoms with E-state index in [9.17, 15) is 0 Å². The lowest BCUT2D eigenvalue weighted by Gasteiger charge is -2.31. The molecule has 2 heteroatoms. The van der Waals surface area contributed by atoms with Gasteiger partial charge in [-0.15, -0.1) is 0 Å². The molecule has 1 radical (unpaired) electrons. The number of methoxy groups -OCH3 is 1. The van der Waals surface area contributed by atoms with Gasteiger partial charge in [-0.05, 0) is 24.9 Å². The van der Waals surface area contributed by atoms with Crippen LogP contribution in [0.2, 0.25) is 0 Å². The Balaban J connectivity index is 1.89. The summed E-state index contributed by atoms with van der Waals surface area (Å²) in [5.41, 5.74) is 1.38. The van der Waals surface area contributed by atoms with Gasteiger partial charge in [0.1, 0.15) is 0 Å². The van der Waals surface area contributed by atoms with Crippen molar-refractivity contribution >= 4 is 0 Å². The Morgan fingerprint density at radius 3 is 2.87 bits per heavy atom. The molecule has 0 amide bonds. The van der Waals surface area contributed by atoms with Crippen LogP contribution in [0.15, 0.2) is 30.3 Å². The highest BCUT2D eigenvalue weighted by atomic mass is 16.5. The molecular formula is C13H18NO. The summed E-state index contributed by atoms with van der Waals surface area (Å²) in [6, 6.07) is 10.6. The quantitative estimate of drug-likeness (QED) is 0.747. The maximum atomic E-state index is 5.36. The molecular weight excluding hydrogens is 186 g/mol. The highest BCUT2D eigenvalue weighted by Crippen LogP contribution is 2.14. The zero-order chi connectivity index (χ0) is 10.5. The highest BCUT2D eigenvalue weighted by molar-refractivity contribution is 5.14. The van der Waals surface area contributed by atoms with Crippen LogP contribution in [0.5, 0.6) is 0 Å². The van der Waals surface area contributed by atoms with E-state index in [0.29, 0.717) is 6.10 Å². The molecule has 0 bridgehead atoms. The Kier molecular flexibility index (Phi) is 3.75. The number of ether oxygens (including phenoxy) is 1. The molecule has 1 aromatic rings. The third-order valence-electron chi connectivity index (χ3n) is 2.86. The van der Waals surface area contributed by atoms with Crippen LogP contribution < -0.4 is 0 Å². The minimum atomic E-state index is 0.308. The summed E-state index contributed by atoms with van der Waals surface area (Å²) < 4.78 is 5.36. The second kappa shape index (κ2) is 5.29. The summed E-state index contributed by atoms with van der Waals surface area (Å²) in [5, 5.41) is 0. The SMILES string of the molecule is COC1[CH]CCN(Cc2ccccc2)C1. The van der Waals surface area contributed by atoms with E-state index < -0.39 is 0 Å². The summed E-state index contributed by atoms with van der Waals surface area (Å²) >= 11 is 0. The molecule has 81 valence electrons. The molecule has 1 heterocycles. The van der Waals surface area contributed by atoms with Gasteiger partial charge in [-0.2, -0.15) is 0 Å². The lowest BCUT2D eigenvalue weighted by atomic mass is 10.1. The normalized spacial score (nSPS) is 22.9. The van der Waals surface area contributed by atoms with E-state index in [1.165, 1.54) is 5.56 Å². The molecule has 0 aliphatic carbocycles. The van der Waals surface area contributed by atoms with Crippen LogP contribution in [0.4, 0.5) is 0 Å². The Morgan fingerprint density at radius 2 is 2.13 bits per heavy atom. The summed E-state index contributed by atoms with van der Waals surface area (Å²) in [6.45, 7) is 3.20. The number of likely N-dealkylation sites (tertiary alicyclic amines) is 1. The lowest BCUT2D eigenvalue weighted by Crippen LogP contribution is -2.39. The predicted octanol–water partition coefficient (Wildman–Crippen LogP) is 2.11. The molecule has 1 aliphatic rings. The van der Waals surface area contributed by atoms with E-state index in [4.69, 9.17) is 4.74 Å². The minimum absolute atomic E-state index is 0.308. The molecule has 2 rings (SSSR count). The van der Waals surface area contributed by atoms with Crippen LogP contribution in [-0.4, -0.2) is 31.2 Å². The standard InChI is InChI=1S/C13H18NO/c1-15-13-8-5-9-14(11-13)10-12-6-3-2-4-7-12/h2-4,6-8,13H,5,9-11H2,1H3. The van der Waals surface area contributed by atoms with Crippen molar-refractivity contribution in [2.75, 3.05) is 20.2 Å². The van der Waals surface area contributed by atoms with Gasteiger partial charge in [0.2, 0.25) is 0 Å². The minimum Gasteiger partial charge on any atom is -0.380 e. The first-order chi connectivity index (χ1) is 7.38. The Bertz CT molecular complexity index is 286. The first-order valence-corrected chi connectivity index (χ1v) is 5.51. The summed E-state index contributed by atoms with van der Waals surface area (Å²) in [4.78, 5) is 2.45. The average molecular weight is 204 g/mol. The van der Waals surface area contributed by atoms with Crippen LogP contribution >= 0.6 is 0 Å². The monoisotopic (exact) mass is 204 g/mol. The highest BCUT2D eigenvalue weighted by Gasteiger charge is 2.19. The molecule has 1 atom stereocenters. The first-order valence-electron chi connectivity index (χ1n) is 5.51. The fourth-order valence-corrected chi connectivity index (χ4v) is 2.02. The second-order valence-corrected chi connectivity index (χ2v) is 4.02. The molecule has 0 N–H and O–H groups in total. The van der Waals surface area contributed by atoms with Crippen molar-refractivity contribution in [3.05, 3.63) is 42.3 Å². The van der Waals surface area contributed by atoms with Gasteiger partial charge in [0.25, 0.3) is 0 Å². The Morgan fingerprint density at radius 1 is 1.33 bits per heavy atom.